The van der Waals surface area contributed by atoms with Crippen LogP contribution in [0.2, 0.25) is 0 Å². The molecule has 1 unspecified atom stereocenters. The smallest absolute Gasteiger partial charge is 0.410 e. The van der Waals surface area contributed by atoms with E-state index in [9.17, 15) is 9.59 Å². The minimum absolute atomic E-state index is 0.0464. The summed E-state index contributed by atoms with van der Waals surface area (Å²) in [6.45, 7) is 1.99. The fourth-order valence-electron chi connectivity index (χ4n) is 2.79. The van der Waals surface area contributed by atoms with Gasteiger partial charge in [0.1, 0.15) is 6.61 Å². The van der Waals surface area contributed by atoms with Gasteiger partial charge in [0.2, 0.25) is 0 Å². The van der Waals surface area contributed by atoms with Gasteiger partial charge in [0.05, 0.1) is 12.0 Å². The van der Waals surface area contributed by atoms with Gasteiger partial charge in [-0.25, -0.2) is 4.79 Å². The number of amides is 1. The van der Waals surface area contributed by atoms with Crippen molar-refractivity contribution in [3.05, 3.63) is 0 Å². The van der Waals surface area contributed by atoms with Gasteiger partial charge < -0.3 is 9.84 Å². The third-order valence-corrected chi connectivity index (χ3v) is 3.51. The molecule has 1 N–H and O–H groups in total. The molecule has 1 aliphatic heterocycles. The number of carbonyl (C=O) groups excluding carboxylic acids is 1. The molecule has 1 saturated heterocycles. The fourth-order valence-corrected chi connectivity index (χ4v) is 2.79. The molecule has 1 atom stereocenters. The lowest BCUT2D eigenvalue weighted by Crippen LogP contribution is -2.50. The normalized spacial score (nSPS) is 30.8. The number of carbonyl (C=O) groups is 2. The Morgan fingerprint density at radius 3 is 2.75 bits per heavy atom. The number of aliphatic carboxylic acids is 1. The summed E-state index contributed by atoms with van der Waals surface area (Å²) >= 11 is 0. The SMILES string of the molecule is CC1(CC(=O)O)COC(=O)N1C1CCCC1. The van der Waals surface area contributed by atoms with Crippen LogP contribution in [0.15, 0.2) is 0 Å². The molecule has 1 amide bonds. The van der Waals surface area contributed by atoms with Crippen LogP contribution in [0.25, 0.3) is 0 Å². The van der Waals surface area contributed by atoms with Crippen molar-refractivity contribution in [3.8, 4) is 0 Å². The van der Waals surface area contributed by atoms with Crippen molar-refractivity contribution in [2.45, 2.75) is 50.6 Å². The van der Waals surface area contributed by atoms with Crippen LogP contribution in [0.4, 0.5) is 4.79 Å². The molecule has 16 heavy (non-hydrogen) atoms. The van der Waals surface area contributed by atoms with Crippen molar-refractivity contribution in [1.82, 2.24) is 4.90 Å². The quantitative estimate of drug-likeness (QED) is 0.795. The minimum Gasteiger partial charge on any atom is -0.481 e. The third kappa shape index (κ3) is 1.86. The van der Waals surface area contributed by atoms with Crippen molar-refractivity contribution < 1.29 is 19.4 Å². The standard InChI is InChI=1S/C11H17NO4/c1-11(6-9(13)14)7-16-10(15)12(11)8-4-2-3-5-8/h8H,2-7H2,1H3,(H,13,14). The van der Waals surface area contributed by atoms with Crippen molar-refractivity contribution in [1.29, 1.82) is 0 Å². The molecule has 0 radical (unpaired) electrons. The van der Waals surface area contributed by atoms with Gasteiger partial charge in [-0.2, -0.15) is 0 Å². The van der Waals surface area contributed by atoms with Crippen molar-refractivity contribution >= 4 is 12.1 Å². The number of cyclic esters (lactones) is 1. The Hall–Kier alpha value is -1.26. The lowest BCUT2D eigenvalue weighted by molar-refractivity contribution is -0.139. The molecule has 90 valence electrons. The van der Waals surface area contributed by atoms with Crippen LogP contribution in [-0.4, -0.2) is 40.3 Å². The minimum atomic E-state index is -0.885. The number of hydrogen-bond acceptors (Lipinski definition) is 3. The summed E-state index contributed by atoms with van der Waals surface area (Å²) in [5.74, 6) is -0.885. The summed E-state index contributed by atoms with van der Waals surface area (Å²) in [4.78, 5) is 24.2. The zero-order chi connectivity index (χ0) is 11.8. The molecule has 0 aromatic heterocycles. The van der Waals surface area contributed by atoms with Crippen LogP contribution >= 0.6 is 0 Å². The first-order chi connectivity index (χ1) is 7.53. The first kappa shape index (κ1) is 11.2. The topological polar surface area (TPSA) is 66.8 Å². The average Bonchev–Trinajstić information content (AvgIpc) is 2.74. The largest absolute Gasteiger partial charge is 0.481 e. The summed E-state index contributed by atoms with van der Waals surface area (Å²) in [6.07, 6.45) is 3.75. The number of carboxylic acids is 1. The van der Waals surface area contributed by atoms with Crippen molar-refractivity contribution in [2.75, 3.05) is 6.61 Å². The van der Waals surface area contributed by atoms with Crippen LogP contribution in [0, 0.1) is 0 Å². The Morgan fingerprint density at radius 1 is 1.56 bits per heavy atom. The molecular formula is C11H17NO4. The maximum absolute atomic E-state index is 11.7. The van der Waals surface area contributed by atoms with Gasteiger partial charge in [0.15, 0.2) is 0 Å². The highest BCUT2D eigenvalue weighted by Crippen LogP contribution is 2.35. The number of nitrogens with zero attached hydrogens (tertiary/aromatic N) is 1. The predicted molar refractivity (Wildman–Crippen MR) is 56.1 cm³/mol. The van der Waals surface area contributed by atoms with E-state index >= 15 is 0 Å². The molecule has 0 aromatic carbocycles. The van der Waals surface area contributed by atoms with Crippen LogP contribution < -0.4 is 0 Å². The van der Waals surface area contributed by atoms with E-state index in [4.69, 9.17) is 9.84 Å². The predicted octanol–water partition coefficient (Wildman–Crippen LogP) is 1.61. The second-order valence-electron chi connectivity index (χ2n) is 4.93. The second kappa shape index (κ2) is 3.96. The zero-order valence-electron chi connectivity index (χ0n) is 9.44. The van der Waals surface area contributed by atoms with Crippen molar-refractivity contribution in [3.63, 3.8) is 0 Å². The number of carboxylic acid groups (broad SMARTS) is 1. The Bertz CT molecular complexity index is 311. The molecule has 1 heterocycles. The van der Waals surface area contributed by atoms with Crippen molar-refractivity contribution in [2.24, 2.45) is 0 Å². The molecule has 2 fully saturated rings. The highest BCUT2D eigenvalue weighted by atomic mass is 16.6. The lowest BCUT2D eigenvalue weighted by Gasteiger charge is -2.35. The summed E-state index contributed by atoms with van der Waals surface area (Å²) in [7, 11) is 0. The van der Waals surface area contributed by atoms with E-state index < -0.39 is 11.5 Å². The Balaban J connectivity index is 2.17. The molecule has 0 spiro atoms. The molecule has 2 rings (SSSR count). The third-order valence-electron chi connectivity index (χ3n) is 3.51. The molecule has 1 aliphatic carbocycles. The Labute approximate surface area is 94.4 Å². The van der Waals surface area contributed by atoms with E-state index in [-0.39, 0.29) is 25.2 Å². The lowest BCUT2D eigenvalue weighted by atomic mass is 9.95. The van der Waals surface area contributed by atoms with Gasteiger partial charge >= 0.3 is 12.1 Å². The summed E-state index contributed by atoms with van der Waals surface area (Å²) in [6, 6.07) is 0.166. The van der Waals surface area contributed by atoms with Gasteiger partial charge in [-0.15, -0.1) is 0 Å². The van der Waals surface area contributed by atoms with Gasteiger partial charge in [0.25, 0.3) is 0 Å². The molecule has 2 aliphatic rings. The van der Waals surface area contributed by atoms with Crippen LogP contribution in [0.5, 0.6) is 0 Å². The van der Waals surface area contributed by atoms with Crippen LogP contribution in [-0.2, 0) is 9.53 Å². The van der Waals surface area contributed by atoms with E-state index in [1.165, 1.54) is 0 Å². The highest BCUT2D eigenvalue weighted by Gasteiger charge is 2.48. The van der Waals surface area contributed by atoms with E-state index in [1.807, 2.05) is 0 Å². The molecule has 5 nitrogen and oxygen atoms in total. The molecule has 0 aromatic rings. The number of hydrogen-bond donors (Lipinski definition) is 1. The Morgan fingerprint density at radius 2 is 2.19 bits per heavy atom. The second-order valence-corrected chi connectivity index (χ2v) is 4.93. The maximum atomic E-state index is 11.7. The van der Waals surface area contributed by atoms with Gasteiger partial charge in [-0.05, 0) is 19.8 Å². The molecular weight excluding hydrogens is 210 g/mol. The summed E-state index contributed by atoms with van der Waals surface area (Å²) in [5, 5.41) is 8.89. The zero-order valence-corrected chi connectivity index (χ0v) is 9.44. The number of rotatable bonds is 3. The van der Waals surface area contributed by atoms with Gasteiger partial charge in [-0.1, -0.05) is 12.8 Å². The Kier molecular flexibility index (Phi) is 2.78. The first-order valence-electron chi connectivity index (χ1n) is 5.71. The molecule has 1 saturated carbocycles. The fraction of sp³-hybridized carbons (Fsp3) is 0.818. The van der Waals surface area contributed by atoms with Crippen LogP contribution in [0.1, 0.15) is 39.0 Å². The van der Waals surface area contributed by atoms with E-state index in [1.54, 1.807) is 11.8 Å². The summed E-state index contributed by atoms with van der Waals surface area (Å²) < 4.78 is 5.02. The summed E-state index contributed by atoms with van der Waals surface area (Å²) in [5.41, 5.74) is -0.669. The first-order valence-corrected chi connectivity index (χ1v) is 5.71. The molecule has 0 bridgehead atoms. The monoisotopic (exact) mass is 227 g/mol. The number of ether oxygens (including phenoxy) is 1. The highest BCUT2D eigenvalue weighted by molar-refractivity contribution is 5.75. The van der Waals surface area contributed by atoms with E-state index in [0.29, 0.717) is 0 Å². The van der Waals surface area contributed by atoms with Gasteiger partial charge in [0, 0.05) is 6.04 Å². The van der Waals surface area contributed by atoms with Gasteiger partial charge in [-0.3, -0.25) is 9.69 Å². The van der Waals surface area contributed by atoms with Crippen LogP contribution in [0.3, 0.4) is 0 Å². The molecule has 5 heteroatoms. The van der Waals surface area contributed by atoms with E-state index in [2.05, 4.69) is 0 Å². The maximum Gasteiger partial charge on any atom is 0.410 e. The van der Waals surface area contributed by atoms with E-state index in [0.717, 1.165) is 25.7 Å². The average molecular weight is 227 g/mol.